The zero-order chi connectivity index (χ0) is 18.1. The normalized spacial score (nSPS) is 10.4. The summed E-state index contributed by atoms with van der Waals surface area (Å²) in [7, 11) is 1.56. The van der Waals surface area contributed by atoms with Crippen LogP contribution in [-0.2, 0) is 11.3 Å². The molecule has 0 unspecified atom stereocenters. The molecule has 0 aliphatic heterocycles. The molecule has 2 aromatic rings. The maximum atomic E-state index is 12.1. The number of methoxy groups -OCH3 is 1. The molecule has 6 heteroatoms. The van der Waals surface area contributed by atoms with Crippen molar-refractivity contribution in [2.75, 3.05) is 32.2 Å². The second kappa shape index (κ2) is 9.66. The lowest BCUT2D eigenvalue weighted by Gasteiger charge is -2.15. The molecule has 0 aliphatic rings. The summed E-state index contributed by atoms with van der Waals surface area (Å²) in [6.45, 7) is 2.90. The van der Waals surface area contributed by atoms with Crippen LogP contribution >= 0.6 is 0 Å². The lowest BCUT2D eigenvalue weighted by Crippen LogP contribution is -2.22. The molecule has 0 atom stereocenters. The predicted octanol–water partition coefficient (Wildman–Crippen LogP) is 2.10. The molecule has 0 aliphatic carbocycles. The standard InChI is InChI=1S/C19H24N2O4/c1-14-6-8-16(9-7-14)21-18(23)13-25-19-15(12-20-10-11-22)4-3-5-17(19)24-2/h3-9,20,22H,10-13H2,1-2H3,(H,21,23). The number of aryl methyl sites for hydroxylation is 1. The first-order valence-electron chi connectivity index (χ1n) is 8.11. The minimum absolute atomic E-state index is 0.0547. The van der Waals surface area contributed by atoms with Gasteiger partial charge in [-0.2, -0.15) is 0 Å². The number of para-hydroxylation sites is 1. The number of aliphatic hydroxyl groups is 1. The van der Waals surface area contributed by atoms with Gasteiger partial charge < -0.3 is 25.2 Å². The molecule has 0 bridgehead atoms. The van der Waals surface area contributed by atoms with Gasteiger partial charge in [0.15, 0.2) is 18.1 Å². The third-order valence-electron chi connectivity index (χ3n) is 3.57. The van der Waals surface area contributed by atoms with Gasteiger partial charge in [0.2, 0.25) is 0 Å². The number of carbonyl (C=O) groups excluding carboxylic acids is 1. The van der Waals surface area contributed by atoms with Crippen LogP contribution in [0.1, 0.15) is 11.1 Å². The van der Waals surface area contributed by atoms with E-state index in [2.05, 4.69) is 10.6 Å². The van der Waals surface area contributed by atoms with Crippen molar-refractivity contribution in [2.45, 2.75) is 13.5 Å². The highest BCUT2D eigenvalue weighted by molar-refractivity contribution is 5.91. The summed E-state index contributed by atoms with van der Waals surface area (Å²) in [6.07, 6.45) is 0. The van der Waals surface area contributed by atoms with Crippen molar-refractivity contribution in [1.82, 2.24) is 5.32 Å². The highest BCUT2D eigenvalue weighted by Gasteiger charge is 2.12. The molecule has 2 aromatic carbocycles. The quantitative estimate of drug-likeness (QED) is 0.607. The van der Waals surface area contributed by atoms with Crippen LogP contribution < -0.4 is 20.1 Å². The van der Waals surface area contributed by atoms with Crippen molar-refractivity contribution in [3.05, 3.63) is 53.6 Å². The topological polar surface area (TPSA) is 79.8 Å². The number of rotatable bonds is 9. The third kappa shape index (κ3) is 5.77. The van der Waals surface area contributed by atoms with Crippen LogP contribution in [0.25, 0.3) is 0 Å². The summed E-state index contributed by atoms with van der Waals surface area (Å²) in [5.74, 6) is 0.838. The Hall–Kier alpha value is -2.57. The Morgan fingerprint density at radius 2 is 1.92 bits per heavy atom. The number of aliphatic hydroxyl groups excluding tert-OH is 1. The van der Waals surface area contributed by atoms with Crippen molar-refractivity contribution < 1.29 is 19.4 Å². The molecule has 25 heavy (non-hydrogen) atoms. The number of anilines is 1. The summed E-state index contributed by atoms with van der Waals surface area (Å²) >= 11 is 0. The molecule has 0 spiro atoms. The molecule has 0 saturated carbocycles. The summed E-state index contributed by atoms with van der Waals surface area (Å²) < 4.78 is 11.0. The number of nitrogens with one attached hydrogen (secondary N) is 2. The Bertz CT molecular complexity index is 686. The maximum Gasteiger partial charge on any atom is 0.262 e. The van der Waals surface area contributed by atoms with Crippen LogP contribution in [0.15, 0.2) is 42.5 Å². The molecular weight excluding hydrogens is 320 g/mol. The molecule has 3 N–H and O–H groups in total. The fourth-order valence-electron chi connectivity index (χ4n) is 2.30. The Labute approximate surface area is 147 Å². The lowest BCUT2D eigenvalue weighted by atomic mass is 10.2. The molecule has 0 aromatic heterocycles. The summed E-state index contributed by atoms with van der Waals surface area (Å²) in [5, 5.41) is 14.8. The Balaban J connectivity index is 2.00. The van der Waals surface area contributed by atoms with Crippen molar-refractivity contribution >= 4 is 11.6 Å². The van der Waals surface area contributed by atoms with E-state index >= 15 is 0 Å². The Morgan fingerprint density at radius 3 is 2.60 bits per heavy atom. The Morgan fingerprint density at radius 1 is 1.16 bits per heavy atom. The van der Waals surface area contributed by atoms with Crippen LogP contribution in [0.3, 0.4) is 0 Å². The molecule has 2 rings (SSSR count). The lowest BCUT2D eigenvalue weighted by molar-refractivity contribution is -0.118. The average molecular weight is 344 g/mol. The number of carbonyl (C=O) groups is 1. The van der Waals surface area contributed by atoms with Gasteiger partial charge >= 0.3 is 0 Å². The van der Waals surface area contributed by atoms with E-state index in [1.165, 1.54) is 0 Å². The molecule has 0 radical (unpaired) electrons. The SMILES string of the molecule is COc1cccc(CNCCO)c1OCC(=O)Nc1ccc(C)cc1. The van der Waals surface area contributed by atoms with E-state index in [1.807, 2.05) is 43.3 Å². The predicted molar refractivity (Wildman–Crippen MR) is 97.1 cm³/mol. The minimum atomic E-state index is -0.246. The average Bonchev–Trinajstić information content (AvgIpc) is 2.62. The van der Waals surface area contributed by atoms with E-state index in [9.17, 15) is 4.79 Å². The number of amides is 1. The molecule has 1 amide bonds. The number of benzene rings is 2. The fraction of sp³-hybridized carbons (Fsp3) is 0.316. The van der Waals surface area contributed by atoms with Gasteiger partial charge in [0.1, 0.15) is 0 Å². The first kappa shape index (κ1) is 18.8. The van der Waals surface area contributed by atoms with Gasteiger partial charge in [-0.25, -0.2) is 0 Å². The summed E-state index contributed by atoms with van der Waals surface area (Å²) in [6, 6.07) is 13.1. The van der Waals surface area contributed by atoms with Crippen molar-refractivity contribution in [3.8, 4) is 11.5 Å². The van der Waals surface area contributed by atoms with Crippen LogP contribution in [-0.4, -0.2) is 37.9 Å². The molecule has 6 nitrogen and oxygen atoms in total. The van der Waals surface area contributed by atoms with Crippen molar-refractivity contribution in [2.24, 2.45) is 0 Å². The first-order chi connectivity index (χ1) is 12.1. The smallest absolute Gasteiger partial charge is 0.262 e. The van der Waals surface area contributed by atoms with E-state index in [1.54, 1.807) is 13.2 Å². The van der Waals surface area contributed by atoms with E-state index in [4.69, 9.17) is 14.6 Å². The number of hydrogen-bond donors (Lipinski definition) is 3. The second-order valence-corrected chi connectivity index (χ2v) is 5.55. The zero-order valence-corrected chi connectivity index (χ0v) is 14.5. The number of ether oxygens (including phenoxy) is 2. The van der Waals surface area contributed by atoms with E-state index in [0.29, 0.717) is 24.6 Å². The summed E-state index contributed by atoms with van der Waals surface area (Å²) in [4.78, 5) is 12.1. The van der Waals surface area contributed by atoms with Crippen LogP contribution in [0, 0.1) is 6.92 Å². The van der Waals surface area contributed by atoms with Gasteiger partial charge in [-0.05, 0) is 25.1 Å². The molecule has 0 heterocycles. The van der Waals surface area contributed by atoms with Gasteiger partial charge in [-0.1, -0.05) is 29.8 Å². The second-order valence-electron chi connectivity index (χ2n) is 5.55. The van der Waals surface area contributed by atoms with Crippen LogP contribution in [0.4, 0.5) is 5.69 Å². The number of hydrogen-bond acceptors (Lipinski definition) is 5. The Kier molecular flexibility index (Phi) is 7.25. The largest absolute Gasteiger partial charge is 0.493 e. The highest BCUT2D eigenvalue weighted by atomic mass is 16.5. The summed E-state index contributed by atoms with van der Waals surface area (Å²) in [5.41, 5.74) is 2.71. The highest BCUT2D eigenvalue weighted by Crippen LogP contribution is 2.31. The van der Waals surface area contributed by atoms with Crippen LogP contribution in [0.2, 0.25) is 0 Å². The van der Waals surface area contributed by atoms with Crippen molar-refractivity contribution in [3.63, 3.8) is 0 Å². The van der Waals surface area contributed by atoms with Crippen LogP contribution in [0.5, 0.6) is 11.5 Å². The van der Waals surface area contributed by atoms with E-state index in [0.717, 1.165) is 16.8 Å². The first-order valence-corrected chi connectivity index (χ1v) is 8.11. The van der Waals surface area contributed by atoms with E-state index in [-0.39, 0.29) is 19.1 Å². The van der Waals surface area contributed by atoms with Gasteiger partial charge in [0.25, 0.3) is 5.91 Å². The van der Waals surface area contributed by atoms with Gasteiger partial charge in [-0.15, -0.1) is 0 Å². The van der Waals surface area contributed by atoms with Gasteiger partial charge in [0, 0.05) is 24.3 Å². The van der Waals surface area contributed by atoms with E-state index < -0.39 is 0 Å². The molecule has 0 fully saturated rings. The fourth-order valence-corrected chi connectivity index (χ4v) is 2.30. The molecule has 134 valence electrons. The molecule has 0 saturated heterocycles. The maximum absolute atomic E-state index is 12.1. The minimum Gasteiger partial charge on any atom is -0.493 e. The zero-order valence-electron chi connectivity index (χ0n) is 14.5. The van der Waals surface area contributed by atoms with Crippen molar-refractivity contribution in [1.29, 1.82) is 0 Å². The van der Waals surface area contributed by atoms with Gasteiger partial charge in [0.05, 0.1) is 13.7 Å². The monoisotopic (exact) mass is 344 g/mol. The molecular formula is C19H24N2O4. The third-order valence-corrected chi connectivity index (χ3v) is 3.57. The van der Waals surface area contributed by atoms with Gasteiger partial charge in [-0.3, -0.25) is 4.79 Å².